The number of anilines is 1. The lowest BCUT2D eigenvalue weighted by Gasteiger charge is -2.09. The van der Waals surface area contributed by atoms with Crippen molar-refractivity contribution in [3.05, 3.63) is 41.4 Å². The molecule has 0 unspecified atom stereocenters. The maximum Gasteiger partial charge on any atom is 0.318 e. The molecule has 7 nitrogen and oxygen atoms in total. The lowest BCUT2D eigenvalue weighted by molar-refractivity contribution is 0.380. The van der Waals surface area contributed by atoms with Crippen LogP contribution in [0.2, 0.25) is 5.02 Å². The van der Waals surface area contributed by atoms with Gasteiger partial charge in [0.15, 0.2) is 11.5 Å². The van der Waals surface area contributed by atoms with E-state index in [1.807, 2.05) is 12.1 Å². The first-order valence-corrected chi connectivity index (χ1v) is 6.24. The summed E-state index contributed by atoms with van der Waals surface area (Å²) in [4.78, 5) is 12.3. The number of nitrogens with zero attached hydrogens (tertiary/aromatic N) is 5. The molecule has 3 aromatic rings. The van der Waals surface area contributed by atoms with Crippen LogP contribution < -0.4 is 10.1 Å². The summed E-state index contributed by atoms with van der Waals surface area (Å²) in [6, 6.07) is 3.97. The van der Waals surface area contributed by atoms with Crippen LogP contribution in [0.25, 0.3) is 5.65 Å². The summed E-state index contributed by atoms with van der Waals surface area (Å²) in [5.41, 5.74) is 1.73. The summed E-state index contributed by atoms with van der Waals surface area (Å²) in [6.07, 6.45) is 4.93. The van der Waals surface area contributed by atoms with Gasteiger partial charge in [0, 0.05) is 12.3 Å². The van der Waals surface area contributed by atoms with Crippen molar-refractivity contribution in [2.45, 2.75) is 6.54 Å². The fourth-order valence-corrected chi connectivity index (χ4v) is 1.92. The molecule has 0 amide bonds. The highest BCUT2D eigenvalue weighted by Gasteiger charge is 2.07. The van der Waals surface area contributed by atoms with Gasteiger partial charge in [-0.15, -0.1) is 0 Å². The van der Waals surface area contributed by atoms with Crippen molar-refractivity contribution in [1.82, 2.24) is 24.6 Å². The second-order valence-electron chi connectivity index (χ2n) is 3.94. The summed E-state index contributed by atoms with van der Waals surface area (Å²) in [5.74, 6) is 0.510. The third kappa shape index (κ3) is 2.35. The van der Waals surface area contributed by atoms with Crippen LogP contribution in [0.3, 0.4) is 0 Å². The van der Waals surface area contributed by atoms with E-state index in [2.05, 4.69) is 25.4 Å². The van der Waals surface area contributed by atoms with Crippen LogP contribution >= 0.6 is 11.6 Å². The quantitative estimate of drug-likeness (QED) is 0.789. The standard InChI is InChI=1S/C12H11ClN6O/c1-20-12-16-7-9(13)11(18-12)15-6-8-2-4-14-10-3-5-17-19(8)10/h2-5,7H,6H2,1H3,(H,15,16,18). The summed E-state index contributed by atoms with van der Waals surface area (Å²) in [6.45, 7) is 0.501. The van der Waals surface area contributed by atoms with Crippen molar-refractivity contribution in [3.8, 4) is 6.01 Å². The van der Waals surface area contributed by atoms with Gasteiger partial charge in [-0.1, -0.05) is 11.6 Å². The molecule has 0 aliphatic carbocycles. The highest BCUT2D eigenvalue weighted by atomic mass is 35.5. The van der Waals surface area contributed by atoms with Gasteiger partial charge in [0.1, 0.15) is 5.02 Å². The van der Waals surface area contributed by atoms with Gasteiger partial charge >= 0.3 is 6.01 Å². The molecule has 0 aromatic carbocycles. The number of methoxy groups -OCH3 is 1. The first-order chi connectivity index (χ1) is 9.78. The van der Waals surface area contributed by atoms with Crippen molar-refractivity contribution in [1.29, 1.82) is 0 Å². The molecule has 0 aliphatic rings. The zero-order valence-corrected chi connectivity index (χ0v) is 11.4. The third-order valence-electron chi connectivity index (χ3n) is 2.71. The van der Waals surface area contributed by atoms with Crippen LogP contribution in [-0.4, -0.2) is 31.7 Å². The van der Waals surface area contributed by atoms with E-state index >= 15 is 0 Å². The van der Waals surface area contributed by atoms with Gasteiger partial charge in [0.05, 0.1) is 31.7 Å². The van der Waals surface area contributed by atoms with E-state index in [1.165, 1.54) is 13.3 Å². The van der Waals surface area contributed by atoms with E-state index in [0.717, 1.165) is 11.3 Å². The van der Waals surface area contributed by atoms with E-state index in [9.17, 15) is 0 Å². The molecule has 0 saturated heterocycles. The Morgan fingerprint density at radius 1 is 1.30 bits per heavy atom. The first-order valence-electron chi connectivity index (χ1n) is 5.86. The minimum atomic E-state index is 0.260. The number of aromatic nitrogens is 5. The molecule has 0 aliphatic heterocycles. The number of rotatable bonds is 4. The molecule has 1 N–H and O–H groups in total. The van der Waals surface area contributed by atoms with Crippen molar-refractivity contribution < 1.29 is 4.74 Å². The molecule has 0 saturated carbocycles. The summed E-state index contributed by atoms with van der Waals surface area (Å²) in [7, 11) is 1.50. The molecular weight excluding hydrogens is 280 g/mol. The molecular formula is C12H11ClN6O. The largest absolute Gasteiger partial charge is 0.467 e. The Kier molecular flexibility index (Phi) is 3.34. The van der Waals surface area contributed by atoms with Crippen LogP contribution in [0.5, 0.6) is 6.01 Å². The number of nitrogens with one attached hydrogen (secondary N) is 1. The lowest BCUT2D eigenvalue weighted by Crippen LogP contribution is -2.08. The Bertz CT molecular complexity index is 744. The van der Waals surface area contributed by atoms with Gasteiger partial charge in [-0.05, 0) is 6.07 Å². The molecule has 8 heteroatoms. The van der Waals surface area contributed by atoms with Gasteiger partial charge in [-0.3, -0.25) is 0 Å². The third-order valence-corrected chi connectivity index (χ3v) is 2.99. The summed E-state index contributed by atoms with van der Waals surface area (Å²) < 4.78 is 6.72. The number of hydrogen-bond acceptors (Lipinski definition) is 6. The Morgan fingerprint density at radius 3 is 3.05 bits per heavy atom. The SMILES string of the molecule is COc1ncc(Cl)c(NCc2ccnc3ccnn23)n1. The Morgan fingerprint density at radius 2 is 2.20 bits per heavy atom. The highest BCUT2D eigenvalue weighted by Crippen LogP contribution is 2.20. The van der Waals surface area contributed by atoms with Crippen LogP contribution in [-0.2, 0) is 6.54 Å². The van der Waals surface area contributed by atoms with Gasteiger partial charge in [-0.25, -0.2) is 14.5 Å². The predicted molar refractivity (Wildman–Crippen MR) is 73.9 cm³/mol. The fraction of sp³-hybridized carbons (Fsp3) is 0.167. The van der Waals surface area contributed by atoms with Gasteiger partial charge in [-0.2, -0.15) is 10.1 Å². The normalized spacial score (nSPS) is 10.7. The van der Waals surface area contributed by atoms with E-state index < -0.39 is 0 Å². The number of ether oxygens (including phenoxy) is 1. The molecule has 3 aromatic heterocycles. The van der Waals surface area contributed by atoms with E-state index in [1.54, 1.807) is 16.9 Å². The summed E-state index contributed by atoms with van der Waals surface area (Å²) >= 11 is 6.04. The molecule has 0 fully saturated rings. The Labute approximate surface area is 119 Å². The van der Waals surface area contributed by atoms with E-state index in [4.69, 9.17) is 16.3 Å². The van der Waals surface area contributed by atoms with Crippen LogP contribution in [0.1, 0.15) is 5.69 Å². The Balaban J connectivity index is 1.84. The molecule has 20 heavy (non-hydrogen) atoms. The maximum absolute atomic E-state index is 6.04. The second-order valence-corrected chi connectivity index (χ2v) is 4.35. The van der Waals surface area contributed by atoms with Gasteiger partial charge in [0.25, 0.3) is 0 Å². The molecule has 0 radical (unpaired) electrons. The molecule has 0 spiro atoms. The van der Waals surface area contributed by atoms with E-state index in [-0.39, 0.29) is 6.01 Å². The van der Waals surface area contributed by atoms with Crippen molar-refractivity contribution in [2.24, 2.45) is 0 Å². The highest BCUT2D eigenvalue weighted by molar-refractivity contribution is 6.32. The lowest BCUT2D eigenvalue weighted by atomic mass is 10.4. The monoisotopic (exact) mass is 290 g/mol. The van der Waals surface area contributed by atoms with Crippen molar-refractivity contribution in [2.75, 3.05) is 12.4 Å². The molecule has 0 atom stereocenters. The Hall–Kier alpha value is -2.41. The molecule has 102 valence electrons. The van der Waals surface area contributed by atoms with Crippen molar-refractivity contribution in [3.63, 3.8) is 0 Å². The zero-order valence-electron chi connectivity index (χ0n) is 10.6. The number of fused-ring (bicyclic) bond motifs is 1. The number of halogens is 1. The van der Waals surface area contributed by atoms with Crippen LogP contribution in [0, 0.1) is 0 Å². The summed E-state index contributed by atoms with van der Waals surface area (Å²) in [5, 5.41) is 7.77. The second kappa shape index (κ2) is 5.30. The van der Waals surface area contributed by atoms with E-state index in [0.29, 0.717) is 17.4 Å². The molecule has 0 bridgehead atoms. The molecule has 3 heterocycles. The zero-order chi connectivity index (χ0) is 13.9. The van der Waals surface area contributed by atoms with Crippen molar-refractivity contribution >= 4 is 23.1 Å². The van der Waals surface area contributed by atoms with Gasteiger partial charge in [0.2, 0.25) is 0 Å². The predicted octanol–water partition coefficient (Wildman–Crippen LogP) is 1.79. The molecule has 3 rings (SSSR count). The number of hydrogen-bond donors (Lipinski definition) is 1. The average molecular weight is 291 g/mol. The average Bonchev–Trinajstić information content (AvgIpc) is 2.95. The first kappa shape index (κ1) is 12.6. The fourth-order valence-electron chi connectivity index (χ4n) is 1.77. The van der Waals surface area contributed by atoms with Crippen LogP contribution in [0.4, 0.5) is 5.82 Å². The minimum Gasteiger partial charge on any atom is -0.467 e. The minimum absolute atomic E-state index is 0.260. The van der Waals surface area contributed by atoms with Crippen LogP contribution in [0.15, 0.2) is 30.7 Å². The topological polar surface area (TPSA) is 77.2 Å². The maximum atomic E-state index is 6.04. The smallest absolute Gasteiger partial charge is 0.318 e. The van der Waals surface area contributed by atoms with Gasteiger partial charge < -0.3 is 10.1 Å².